The molecule has 0 aliphatic carbocycles. The fourth-order valence-corrected chi connectivity index (χ4v) is 5.74. The molecule has 0 bridgehead atoms. The van der Waals surface area contributed by atoms with Gasteiger partial charge in [-0.15, -0.1) is 9.98 Å². The number of guanidine groups is 2. The Labute approximate surface area is 344 Å². The van der Waals surface area contributed by atoms with Crippen molar-refractivity contribution >= 4 is 53.5 Å². The van der Waals surface area contributed by atoms with E-state index in [-0.39, 0.29) is 37.1 Å². The van der Waals surface area contributed by atoms with Crippen molar-refractivity contribution in [2.45, 2.75) is 125 Å². The summed E-state index contributed by atoms with van der Waals surface area (Å²) in [5.41, 5.74) is -0.0526. The van der Waals surface area contributed by atoms with E-state index in [2.05, 4.69) is 25.9 Å². The van der Waals surface area contributed by atoms with Crippen LogP contribution in [-0.4, -0.2) is 87.5 Å². The van der Waals surface area contributed by atoms with Crippen LogP contribution in [0.2, 0.25) is 0 Å². The maximum atomic E-state index is 15.6. The first-order valence-electron chi connectivity index (χ1n) is 19.2. The van der Waals surface area contributed by atoms with Gasteiger partial charge in [0, 0.05) is 43.0 Å². The van der Waals surface area contributed by atoms with Gasteiger partial charge in [0.05, 0.1) is 0 Å². The highest BCUT2D eigenvalue weighted by Gasteiger charge is 2.29. The lowest BCUT2D eigenvalue weighted by atomic mass is 9.97. The average molecular weight is 822 g/mol. The summed E-state index contributed by atoms with van der Waals surface area (Å²) in [6, 6.07) is 9.48. The molecule has 2 aromatic rings. The maximum absolute atomic E-state index is 15.6. The Morgan fingerprint density at radius 1 is 0.644 bits per heavy atom. The summed E-state index contributed by atoms with van der Waals surface area (Å²) in [6.07, 6.45) is -1.30. The monoisotopic (exact) mass is 821 g/mol. The molecule has 0 saturated carbocycles. The van der Waals surface area contributed by atoms with Gasteiger partial charge < -0.3 is 34.1 Å². The molecule has 5 amide bonds. The minimum atomic E-state index is -0.897. The van der Waals surface area contributed by atoms with Gasteiger partial charge in [-0.1, -0.05) is 18.2 Å². The van der Waals surface area contributed by atoms with Crippen molar-refractivity contribution in [2.75, 3.05) is 18.4 Å². The third kappa shape index (κ3) is 14.7. The number of carbonyl (C=O) groups excluding carboxylic acids is 5. The van der Waals surface area contributed by atoms with Crippen LogP contribution in [0.25, 0.3) is 5.57 Å². The molecule has 0 radical (unpaired) electrons. The number of hydrogen-bond acceptors (Lipinski definition) is 9. The van der Waals surface area contributed by atoms with Gasteiger partial charge in [-0.2, -0.15) is 0 Å². The van der Waals surface area contributed by atoms with Crippen molar-refractivity contribution in [1.82, 2.24) is 20.4 Å². The van der Waals surface area contributed by atoms with E-state index < -0.39 is 58.5 Å². The number of nitrogens with zero attached hydrogens (tertiary/aromatic N) is 4. The molecule has 2 aliphatic rings. The lowest BCUT2D eigenvalue weighted by Crippen LogP contribution is -2.48. The van der Waals surface area contributed by atoms with E-state index >= 15 is 4.39 Å². The van der Waals surface area contributed by atoms with E-state index in [4.69, 9.17) is 18.9 Å². The van der Waals surface area contributed by atoms with Gasteiger partial charge >= 0.3 is 24.4 Å². The zero-order valence-corrected chi connectivity index (χ0v) is 35.9. The van der Waals surface area contributed by atoms with E-state index in [1.54, 1.807) is 117 Å². The van der Waals surface area contributed by atoms with Crippen LogP contribution in [0, 0.1) is 5.82 Å². The third-order valence-corrected chi connectivity index (χ3v) is 7.98. The molecule has 59 heavy (non-hydrogen) atoms. The molecular formula is C42H56FN7O9. The van der Waals surface area contributed by atoms with Crippen molar-refractivity contribution in [1.29, 1.82) is 0 Å². The molecule has 3 N–H and O–H groups in total. The molecule has 0 spiro atoms. The van der Waals surface area contributed by atoms with Crippen LogP contribution in [0.5, 0.6) is 0 Å². The first kappa shape index (κ1) is 45.7. The number of fused-ring (bicyclic) bond motifs is 1. The number of carbonyl (C=O) groups is 5. The number of anilines is 1. The van der Waals surface area contributed by atoms with Crippen LogP contribution in [0.4, 0.5) is 29.3 Å². The Morgan fingerprint density at radius 3 is 1.63 bits per heavy atom. The summed E-state index contributed by atoms with van der Waals surface area (Å²) in [6.45, 7) is 21.4. The van der Waals surface area contributed by atoms with E-state index in [1.165, 1.54) is 12.1 Å². The van der Waals surface area contributed by atoms with Crippen LogP contribution in [0.3, 0.4) is 0 Å². The standard InChI is InChI=1S/C42H56FN7O9/c1-39(2,3)56-35(52)45-33(46-36(53)57-40(4,5)6)49-19-17-25(18-20-49)30-16-14-26(22-31(30)43)32(51)44-29-15-13-27-23-50(24-28(27)21-29)34(47-37(54)58-41(7,8)9)48-38(55)59-42(10,11)12/h13-17,21-22H,18-20,23-24H2,1-12H3,(H,44,51)(H,45,46,52,53)(H,47,48,54,55). The van der Waals surface area contributed by atoms with Crippen molar-refractivity contribution in [3.05, 3.63) is 70.5 Å². The highest BCUT2D eigenvalue weighted by atomic mass is 19.1. The number of benzene rings is 2. The van der Waals surface area contributed by atoms with Gasteiger partial charge in [-0.3, -0.25) is 15.4 Å². The number of nitrogens with one attached hydrogen (secondary N) is 3. The van der Waals surface area contributed by atoms with Crippen LogP contribution >= 0.6 is 0 Å². The fraction of sp³-hybridized carbons (Fsp3) is 0.500. The number of aliphatic imine (C=N–C) groups is 2. The highest BCUT2D eigenvalue weighted by molar-refractivity contribution is 6.05. The van der Waals surface area contributed by atoms with E-state index in [1.807, 2.05) is 0 Å². The first-order chi connectivity index (χ1) is 27.1. The SMILES string of the molecule is CC(C)(C)OC(=O)N=C(NC(=O)OC(C)(C)C)N1CC=C(c2ccc(C(=O)Nc3ccc4c(c3)CN(C(=NC(=O)OC(C)(C)C)NC(=O)OC(C)(C)C)C4)cc2F)CC1. The number of amides is 5. The van der Waals surface area contributed by atoms with Crippen molar-refractivity contribution in [3.63, 3.8) is 0 Å². The topological polar surface area (TPSA) is 190 Å². The minimum absolute atomic E-state index is 0.0570. The minimum Gasteiger partial charge on any atom is -0.444 e. The Bertz CT molecular complexity index is 2050. The second-order valence-corrected chi connectivity index (χ2v) is 18.0. The van der Waals surface area contributed by atoms with Crippen LogP contribution in [0.1, 0.15) is 117 Å². The molecule has 0 fully saturated rings. The first-order valence-corrected chi connectivity index (χ1v) is 19.2. The predicted molar refractivity (Wildman–Crippen MR) is 220 cm³/mol. The van der Waals surface area contributed by atoms with Gasteiger partial charge in [0.15, 0.2) is 0 Å². The summed E-state index contributed by atoms with van der Waals surface area (Å²) in [5.74, 6) is -1.27. The van der Waals surface area contributed by atoms with E-state index in [9.17, 15) is 24.0 Å². The Kier molecular flexibility index (Phi) is 13.8. The average Bonchev–Trinajstić information content (AvgIpc) is 3.48. The summed E-state index contributed by atoms with van der Waals surface area (Å²) in [5, 5.41) is 7.91. The van der Waals surface area contributed by atoms with Crippen LogP contribution in [-0.2, 0) is 32.0 Å². The number of halogens is 1. The molecule has 2 aliphatic heterocycles. The Balaban J connectivity index is 1.45. The molecule has 4 rings (SSSR count). The normalized spacial score (nSPS) is 15.1. The number of hydrogen-bond donors (Lipinski definition) is 3. The van der Waals surface area contributed by atoms with Gasteiger partial charge in [-0.05, 0) is 130 Å². The molecule has 0 aromatic heterocycles. The van der Waals surface area contributed by atoms with Crippen LogP contribution in [0.15, 0.2) is 52.5 Å². The molecule has 17 heteroatoms. The summed E-state index contributed by atoms with van der Waals surface area (Å²) in [4.78, 5) is 75.1. The zero-order chi connectivity index (χ0) is 44.1. The molecule has 16 nitrogen and oxygen atoms in total. The summed E-state index contributed by atoms with van der Waals surface area (Å²) < 4.78 is 37.0. The molecule has 320 valence electrons. The summed E-state index contributed by atoms with van der Waals surface area (Å²) in [7, 11) is 0. The maximum Gasteiger partial charge on any atom is 0.437 e. The molecule has 0 saturated heterocycles. The zero-order valence-electron chi connectivity index (χ0n) is 35.9. The second-order valence-electron chi connectivity index (χ2n) is 18.0. The van der Waals surface area contributed by atoms with Gasteiger partial charge in [0.25, 0.3) is 5.91 Å². The quantitative estimate of drug-likeness (QED) is 0.154. The molecular weight excluding hydrogens is 766 g/mol. The second kappa shape index (κ2) is 17.9. The smallest absolute Gasteiger partial charge is 0.437 e. The Morgan fingerprint density at radius 2 is 1.15 bits per heavy atom. The molecule has 2 heterocycles. The van der Waals surface area contributed by atoms with Gasteiger partial charge in [0.1, 0.15) is 28.2 Å². The van der Waals surface area contributed by atoms with Gasteiger partial charge in [-0.25, -0.2) is 23.6 Å². The fourth-order valence-electron chi connectivity index (χ4n) is 5.74. The van der Waals surface area contributed by atoms with E-state index in [0.29, 0.717) is 29.8 Å². The van der Waals surface area contributed by atoms with Crippen molar-refractivity contribution < 1.29 is 47.3 Å². The van der Waals surface area contributed by atoms with Crippen molar-refractivity contribution in [3.8, 4) is 0 Å². The lowest BCUT2D eigenvalue weighted by molar-refractivity contribution is 0.0536. The van der Waals surface area contributed by atoms with Crippen LogP contribution < -0.4 is 16.0 Å². The van der Waals surface area contributed by atoms with Gasteiger partial charge in [0.2, 0.25) is 11.9 Å². The third-order valence-electron chi connectivity index (χ3n) is 7.98. The van der Waals surface area contributed by atoms with Crippen molar-refractivity contribution in [2.24, 2.45) is 9.98 Å². The Hall–Kier alpha value is -6.00. The number of ether oxygens (including phenoxy) is 4. The molecule has 0 atom stereocenters. The number of rotatable bonds is 3. The molecule has 0 unspecified atom stereocenters. The molecule has 2 aromatic carbocycles. The largest absolute Gasteiger partial charge is 0.444 e. The number of alkyl carbamates (subject to hydrolysis) is 2. The predicted octanol–water partition coefficient (Wildman–Crippen LogP) is 8.11. The lowest BCUT2D eigenvalue weighted by Gasteiger charge is -2.30. The highest BCUT2D eigenvalue weighted by Crippen LogP contribution is 2.29. The summed E-state index contributed by atoms with van der Waals surface area (Å²) >= 11 is 0. The van der Waals surface area contributed by atoms with E-state index in [0.717, 1.165) is 17.2 Å².